The Bertz CT molecular complexity index is 595. The van der Waals surface area contributed by atoms with Gasteiger partial charge in [0.2, 0.25) is 11.9 Å². The molecule has 0 aliphatic carbocycles. The van der Waals surface area contributed by atoms with Gasteiger partial charge in [-0.3, -0.25) is 9.59 Å². The normalized spacial score (nSPS) is 17.6. The minimum Gasteiger partial charge on any atom is -0.466 e. The smallest absolute Gasteiger partial charge is 0.307 e. The quantitative estimate of drug-likeness (QED) is 0.820. The Balaban J connectivity index is 2.10. The van der Waals surface area contributed by atoms with Crippen molar-refractivity contribution in [3.63, 3.8) is 0 Å². The number of carbonyl (C=O) groups excluding carboxylic acids is 2. The van der Waals surface area contributed by atoms with Crippen LogP contribution in [0.25, 0.3) is 0 Å². The van der Waals surface area contributed by atoms with E-state index in [0.29, 0.717) is 13.2 Å². The third kappa shape index (κ3) is 4.43. The summed E-state index contributed by atoms with van der Waals surface area (Å²) in [5, 5.41) is 0. The van der Waals surface area contributed by atoms with E-state index in [-0.39, 0.29) is 36.7 Å². The summed E-state index contributed by atoms with van der Waals surface area (Å²) in [6.07, 6.45) is 3.31. The van der Waals surface area contributed by atoms with Gasteiger partial charge in [-0.25, -0.2) is 9.97 Å². The van der Waals surface area contributed by atoms with Gasteiger partial charge in [0, 0.05) is 29.5 Å². The number of nitrogens with zero attached hydrogens (tertiary/aromatic N) is 3. The number of nitrogens with two attached hydrogens (primary N) is 1. The minimum absolute atomic E-state index is 0.00331. The fraction of sp³-hybridized carbons (Fsp3) is 0.647. The van der Waals surface area contributed by atoms with Gasteiger partial charge >= 0.3 is 5.97 Å². The summed E-state index contributed by atoms with van der Waals surface area (Å²) in [4.78, 5) is 34.7. The first-order valence-electron chi connectivity index (χ1n) is 8.47. The van der Waals surface area contributed by atoms with Crippen LogP contribution in [0.4, 0.5) is 5.95 Å². The third-order valence-corrected chi connectivity index (χ3v) is 4.42. The van der Waals surface area contributed by atoms with E-state index in [9.17, 15) is 9.59 Å². The number of amides is 1. The molecule has 1 unspecified atom stereocenters. The van der Waals surface area contributed by atoms with Gasteiger partial charge in [-0.1, -0.05) is 0 Å². The summed E-state index contributed by atoms with van der Waals surface area (Å²) in [5.74, 6) is -0.0201. The van der Waals surface area contributed by atoms with Gasteiger partial charge in [0.1, 0.15) is 0 Å². The molecule has 1 atom stereocenters. The fourth-order valence-electron chi connectivity index (χ4n) is 3.23. The molecule has 1 amide bonds. The van der Waals surface area contributed by atoms with Gasteiger partial charge in [-0.2, -0.15) is 0 Å². The predicted octanol–water partition coefficient (Wildman–Crippen LogP) is 1.55. The number of aryl methyl sites for hydroxylation is 2. The summed E-state index contributed by atoms with van der Waals surface area (Å²) in [6, 6.07) is -0.0828. The van der Waals surface area contributed by atoms with Crippen LogP contribution >= 0.6 is 0 Å². The Kier molecular flexibility index (Phi) is 6.11. The van der Waals surface area contributed by atoms with Crippen LogP contribution in [0, 0.1) is 13.8 Å². The van der Waals surface area contributed by atoms with Crippen molar-refractivity contribution < 1.29 is 14.3 Å². The van der Waals surface area contributed by atoms with Crippen LogP contribution in [0.2, 0.25) is 0 Å². The molecule has 132 valence electrons. The first-order valence-corrected chi connectivity index (χ1v) is 8.47. The van der Waals surface area contributed by atoms with Crippen molar-refractivity contribution in [1.29, 1.82) is 0 Å². The van der Waals surface area contributed by atoms with Crippen LogP contribution in [0.1, 0.15) is 49.6 Å². The van der Waals surface area contributed by atoms with Crippen LogP contribution in [-0.4, -0.2) is 45.9 Å². The first-order chi connectivity index (χ1) is 11.4. The average molecular weight is 334 g/mol. The number of nitrogen functional groups attached to an aromatic ring is 1. The molecule has 0 saturated carbocycles. The molecule has 1 aromatic heterocycles. The van der Waals surface area contributed by atoms with Gasteiger partial charge in [0.15, 0.2) is 0 Å². The Labute approximate surface area is 142 Å². The highest BCUT2D eigenvalue weighted by Crippen LogP contribution is 2.22. The fourth-order valence-corrected chi connectivity index (χ4v) is 3.23. The highest BCUT2D eigenvalue weighted by molar-refractivity contribution is 5.80. The van der Waals surface area contributed by atoms with Crippen molar-refractivity contribution in [1.82, 2.24) is 14.9 Å². The van der Waals surface area contributed by atoms with E-state index < -0.39 is 0 Å². The highest BCUT2D eigenvalue weighted by Gasteiger charge is 2.29. The maximum absolute atomic E-state index is 12.8. The average Bonchev–Trinajstić information content (AvgIpc) is 2.51. The molecule has 2 heterocycles. The van der Waals surface area contributed by atoms with Crippen LogP contribution in [0.5, 0.6) is 0 Å². The molecule has 1 aromatic rings. The van der Waals surface area contributed by atoms with Crippen LogP contribution in [0.15, 0.2) is 0 Å². The molecule has 1 fully saturated rings. The monoisotopic (exact) mass is 334 g/mol. The number of aromatic nitrogens is 2. The van der Waals surface area contributed by atoms with E-state index in [2.05, 4.69) is 9.97 Å². The minimum atomic E-state index is -0.245. The molecule has 7 heteroatoms. The zero-order chi connectivity index (χ0) is 17.7. The zero-order valence-electron chi connectivity index (χ0n) is 14.7. The molecule has 1 saturated heterocycles. The number of hydrogen-bond acceptors (Lipinski definition) is 6. The van der Waals surface area contributed by atoms with E-state index in [4.69, 9.17) is 10.5 Å². The summed E-state index contributed by atoms with van der Waals surface area (Å²) in [7, 11) is 0. The first kappa shape index (κ1) is 18.2. The van der Waals surface area contributed by atoms with Gasteiger partial charge in [0.05, 0.1) is 19.4 Å². The summed E-state index contributed by atoms with van der Waals surface area (Å²) in [6.45, 7) is 6.49. The summed E-state index contributed by atoms with van der Waals surface area (Å²) in [5.41, 5.74) is 7.91. The molecular formula is C17H26N4O3. The number of carbonyl (C=O) groups is 2. The van der Waals surface area contributed by atoms with Gasteiger partial charge in [0.25, 0.3) is 0 Å². The predicted molar refractivity (Wildman–Crippen MR) is 90.2 cm³/mol. The van der Waals surface area contributed by atoms with Crippen molar-refractivity contribution in [3.05, 3.63) is 17.0 Å². The molecule has 1 aliphatic rings. The standard InChI is InChI=1S/C17H26N4O3/c1-4-24-16(23)9-13-7-5-6-8-21(13)15(22)10-14-11(2)19-17(18)20-12(14)3/h13H,4-10H2,1-3H3,(H2,18,19,20). The highest BCUT2D eigenvalue weighted by atomic mass is 16.5. The number of likely N-dealkylation sites (tertiary alicyclic amines) is 1. The van der Waals surface area contributed by atoms with Crippen molar-refractivity contribution in [2.45, 2.75) is 58.9 Å². The maximum atomic E-state index is 12.8. The lowest BCUT2D eigenvalue weighted by molar-refractivity contribution is -0.146. The molecule has 0 aromatic carbocycles. The largest absolute Gasteiger partial charge is 0.466 e. The number of hydrogen-bond donors (Lipinski definition) is 1. The lowest BCUT2D eigenvalue weighted by Gasteiger charge is -2.35. The van der Waals surface area contributed by atoms with E-state index in [1.165, 1.54) is 0 Å². The number of esters is 1. The van der Waals surface area contributed by atoms with Gasteiger partial charge in [-0.15, -0.1) is 0 Å². The maximum Gasteiger partial charge on any atom is 0.307 e. The van der Waals surface area contributed by atoms with E-state index in [1.807, 2.05) is 18.7 Å². The lowest BCUT2D eigenvalue weighted by Crippen LogP contribution is -2.45. The van der Waals surface area contributed by atoms with Gasteiger partial charge in [-0.05, 0) is 40.0 Å². The van der Waals surface area contributed by atoms with Crippen molar-refractivity contribution >= 4 is 17.8 Å². The van der Waals surface area contributed by atoms with E-state index >= 15 is 0 Å². The molecule has 0 spiro atoms. The third-order valence-electron chi connectivity index (χ3n) is 4.42. The SMILES string of the molecule is CCOC(=O)CC1CCCCN1C(=O)Cc1c(C)nc(N)nc1C. The summed E-state index contributed by atoms with van der Waals surface area (Å²) >= 11 is 0. The van der Waals surface area contributed by atoms with Crippen LogP contribution in [0.3, 0.4) is 0 Å². The van der Waals surface area contributed by atoms with E-state index in [1.54, 1.807) is 6.92 Å². The Morgan fingerprint density at radius 2 is 1.92 bits per heavy atom. The number of rotatable bonds is 5. The molecule has 0 bridgehead atoms. The van der Waals surface area contributed by atoms with Crippen molar-refractivity contribution in [2.24, 2.45) is 0 Å². The van der Waals surface area contributed by atoms with Crippen LogP contribution < -0.4 is 5.73 Å². The molecular weight excluding hydrogens is 308 g/mol. The van der Waals surface area contributed by atoms with Gasteiger partial charge < -0.3 is 15.4 Å². The molecule has 0 radical (unpaired) electrons. The zero-order valence-corrected chi connectivity index (χ0v) is 14.7. The molecule has 2 rings (SSSR count). The summed E-state index contributed by atoms with van der Waals surface area (Å²) < 4.78 is 5.03. The van der Waals surface area contributed by atoms with Crippen LogP contribution in [-0.2, 0) is 20.7 Å². The Hall–Kier alpha value is -2.18. The second-order valence-corrected chi connectivity index (χ2v) is 6.15. The lowest BCUT2D eigenvalue weighted by atomic mass is 9.98. The molecule has 1 aliphatic heterocycles. The second kappa shape index (κ2) is 8.08. The Morgan fingerprint density at radius 1 is 1.25 bits per heavy atom. The number of anilines is 1. The number of ether oxygens (including phenoxy) is 1. The molecule has 2 N–H and O–H groups in total. The van der Waals surface area contributed by atoms with Crippen molar-refractivity contribution in [3.8, 4) is 0 Å². The molecule has 7 nitrogen and oxygen atoms in total. The van der Waals surface area contributed by atoms with Crippen molar-refractivity contribution in [2.75, 3.05) is 18.9 Å². The molecule has 24 heavy (non-hydrogen) atoms. The number of piperidine rings is 1. The second-order valence-electron chi connectivity index (χ2n) is 6.15. The Morgan fingerprint density at radius 3 is 2.54 bits per heavy atom. The topological polar surface area (TPSA) is 98.4 Å². The van der Waals surface area contributed by atoms with E-state index in [0.717, 1.165) is 36.2 Å².